The minimum atomic E-state index is 0.0671. The Morgan fingerprint density at radius 1 is 0.963 bits per heavy atom. The summed E-state index contributed by atoms with van der Waals surface area (Å²) in [6.45, 7) is 9.37. The normalized spacial score (nSPS) is 15.9. The first-order valence-electron chi connectivity index (χ1n) is 9.63. The Morgan fingerprint density at radius 3 is 2.26 bits per heavy atom. The van der Waals surface area contributed by atoms with Gasteiger partial charge in [0.2, 0.25) is 5.91 Å². The number of carbonyl (C=O) groups is 1. The Morgan fingerprint density at radius 2 is 1.59 bits per heavy atom. The van der Waals surface area contributed by atoms with Crippen LogP contribution in [0.1, 0.15) is 16.7 Å². The molecule has 1 N–H and O–H groups in total. The number of anilines is 1. The van der Waals surface area contributed by atoms with Crippen molar-refractivity contribution in [2.45, 2.75) is 13.8 Å². The fourth-order valence-electron chi connectivity index (χ4n) is 3.48. The van der Waals surface area contributed by atoms with Gasteiger partial charge < -0.3 is 5.32 Å². The van der Waals surface area contributed by atoms with E-state index in [0.717, 1.165) is 38.4 Å². The number of benzene rings is 2. The molecule has 2 aromatic carbocycles. The molecule has 1 aliphatic heterocycles. The molecule has 0 atom stereocenters. The molecule has 4 nitrogen and oxygen atoms in total. The van der Waals surface area contributed by atoms with E-state index in [2.05, 4.69) is 57.6 Å². The maximum Gasteiger partial charge on any atom is 0.238 e. The van der Waals surface area contributed by atoms with Crippen LogP contribution in [0.15, 0.2) is 54.6 Å². The van der Waals surface area contributed by atoms with E-state index in [1.807, 2.05) is 32.0 Å². The molecule has 0 aliphatic carbocycles. The summed E-state index contributed by atoms with van der Waals surface area (Å²) in [6, 6.07) is 16.5. The lowest BCUT2D eigenvalue weighted by Gasteiger charge is -2.33. The number of hydrogen-bond donors (Lipinski definition) is 1. The van der Waals surface area contributed by atoms with Gasteiger partial charge in [0.25, 0.3) is 0 Å². The summed E-state index contributed by atoms with van der Waals surface area (Å²) in [7, 11) is 0. The molecular weight excluding hydrogens is 334 g/mol. The van der Waals surface area contributed by atoms with Gasteiger partial charge in [0.05, 0.1) is 6.54 Å². The predicted molar refractivity (Wildman–Crippen MR) is 113 cm³/mol. The molecule has 1 aliphatic rings. The quantitative estimate of drug-likeness (QED) is 0.852. The summed E-state index contributed by atoms with van der Waals surface area (Å²) < 4.78 is 0. The van der Waals surface area contributed by atoms with Gasteiger partial charge in [-0.05, 0) is 42.7 Å². The van der Waals surface area contributed by atoms with E-state index in [-0.39, 0.29) is 5.91 Å². The van der Waals surface area contributed by atoms with Crippen molar-refractivity contribution in [1.29, 1.82) is 0 Å². The molecule has 0 aromatic heterocycles. The lowest BCUT2D eigenvalue weighted by molar-refractivity contribution is -0.117. The van der Waals surface area contributed by atoms with Gasteiger partial charge in [-0.2, -0.15) is 0 Å². The largest absolute Gasteiger partial charge is 0.325 e. The van der Waals surface area contributed by atoms with Crippen molar-refractivity contribution in [3.8, 4) is 0 Å². The van der Waals surface area contributed by atoms with E-state index in [1.54, 1.807) is 0 Å². The molecule has 1 heterocycles. The van der Waals surface area contributed by atoms with Crippen LogP contribution in [0.5, 0.6) is 0 Å². The molecule has 27 heavy (non-hydrogen) atoms. The van der Waals surface area contributed by atoms with Crippen LogP contribution in [0.4, 0.5) is 5.69 Å². The number of nitrogens with zero attached hydrogens (tertiary/aromatic N) is 2. The Hall–Kier alpha value is -2.43. The fourth-order valence-corrected chi connectivity index (χ4v) is 3.48. The summed E-state index contributed by atoms with van der Waals surface area (Å²) in [5.74, 6) is 0.0671. The van der Waals surface area contributed by atoms with Crippen LogP contribution in [0.3, 0.4) is 0 Å². The maximum atomic E-state index is 12.3. The van der Waals surface area contributed by atoms with Crippen LogP contribution >= 0.6 is 0 Å². The van der Waals surface area contributed by atoms with Crippen LogP contribution in [0.2, 0.25) is 0 Å². The molecule has 0 unspecified atom stereocenters. The van der Waals surface area contributed by atoms with E-state index in [0.29, 0.717) is 6.54 Å². The van der Waals surface area contributed by atoms with Crippen LogP contribution < -0.4 is 5.32 Å². The Kier molecular flexibility index (Phi) is 6.80. The van der Waals surface area contributed by atoms with Gasteiger partial charge >= 0.3 is 0 Å². The smallest absolute Gasteiger partial charge is 0.238 e. The van der Waals surface area contributed by atoms with E-state index < -0.39 is 0 Å². The number of nitrogens with one attached hydrogen (secondary N) is 1. The van der Waals surface area contributed by atoms with Crippen LogP contribution in [0, 0.1) is 13.8 Å². The second kappa shape index (κ2) is 9.49. The third-order valence-electron chi connectivity index (χ3n) is 4.81. The molecule has 0 spiro atoms. The summed E-state index contributed by atoms with van der Waals surface area (Å²) >= 11 is 0. The first-order chi connectivity index (χ1) is 13.1. The topological polar surface area (TPSA) is 35.6 Å². The predicted octanol–water partition coefficient (Wildman–Crippen LogP) is 3.57. The molecule has 1 fully saturated rings. The standard InChI is InChI=1S/C23H29N3O/c1-19-15-20(2)17-22(16-19)24-23(27)18-26-13-11-25(12-14-26)10-6-9-21-7-4-3-5-8-21/h3-9,15-17H,10-14,18H2,1-2H3,(H,24,27)/b9-6-. The molecular formula is C23H29N3O. The number of rotatable bonds is 6. The van der Waals surface area contributed by atoms with Gasteiger partial charge in [0.15, 0.2) is 0 Å². The van der Waals surface area contributed by atoms with Crippen molar-refractivity contribution in [2.24, 2.45) is 0 Å². The van der Waals surface area contributed by atoms with Gasteiger partial charge in [0, 0.05) is 38.4 Å². The average Bonchev–Trinajstić information content (AvgIpc) is 2.63. The first kappa shape index (κ1) is 19.3. The van der Waals surface area contributed by atoms with Gasteiger partial charge in [-0.15, -0.1) is 0 Å². The zero-order chi connectivity index (χ0) is 19.1. The summed E-state index contributed by atoms with van der Waals surface area (Å²) in [4.78, 5) is 17.0. The Bertz CT molecular complexity index is 757. The Balaban J connectivity index is 1.40. The molecule has 2 aromatic rings. The van der Waals surface area contributed by atoms with Gasteiger partial charge in [-0.1, -0.05) is 48.6 Å². The van der Waals surface area contributed by atoms with E-state index in [4.69, 9.17) is 0 Å². The average molecular weight is 364 g/mol. The highest BCUT2D eigenvalue weighted by atomic mass is 16.2. The molecule has 1 saturated heterocycles. The minimum Gasteiger partial charge on any atom is -0.325 e. The van der Waals surface area contributed by atoms with Crippen LogP contribution in [0.25, 0.3) is 6.08 Å². The second-order valence-electron chi connectivity index (χ2n) is 7.31. The van der Waals surface area contributed by atoms with Crippen molar-refractivity contribution in [3.05, 3.63) is 71.3 Å². The number of piperazine rings is 1. The molecule has 0 bridgehead atoms. The third-order valence-corrected chi connectivity index (χ3v) is 4.81. The zero-order valence-corrected chi connectivity index (χ0v) is 16.3. The monoisotopic (exact) mass is 363 g/mol. The van der Waals surface area contributed by atoms with Gasteiger partial charge in [-0.3, -0.25) is 14.6 Å². The van der Waals surface area contributed by atoms with Crippen molar-refractivity contribution >= 4 is 17.7 Å². The SMILES string of the molecule is Cc1cc(C)cc(NC(=O)CN2CCN(C/C=C\c3ccccc3)CC2)c1. The van der Waals surface area contributed by atoms with Crippen molar-refractivity contribution < 1.29 is 4.79 Å². The number of amides is 1. The Labute approximate surface area is 162 Å². The summed E-state index contributed by atoms with van der Waals surface area (Å²) in [5.41, 5.74) is 4.46. The molecule has 0 saturated carbocycles. The van der Waals surface area contributed by atoms with E-state index >= 15 is 0 Å². The van der Waals surface area contributed by atoms with Crippen molar-refractivity contribution in [1.82, 2.24) is 9.80 Å². The lowest BCUT2D eigenvalue weighted by atomic mass is 10.1. The highest BCUT2D eigenvalue weighted by Crippen LogP contribution is 2.14. The van der Waals surface area contributed by atoms with Crippen LogP contribution in [-0.2, 0) is 4.79 Å². The van der Waals surface area contributed by atoms with E-state index in [1.165, 1.54) is 16.7 Å². The zero-order valence-electron chi connectivity index (χ0n) is 16.3. The van der Waals surface area contributed by atoms with Crippen molar-refractivity contribution in [2.75, 3.05) is 44.6 Å². The maximum absolute atomic E-state index is 12.3. The highest BCUT2D eigenvalue weighted by Gasteiger charge is 2.18. The fraction of sp³-hybridized carbons (Fsp3) is 0.348. The number of carbonyl (C=O) groups excluding carboxylic acids is 1. The first-order valence-corrected chi connectivity index (χ1v) is 9.63. The number of hydrogen-bond acceptors (Lipinski definition) is 3. The molecule has 4 heteroatoms. The highest BCUT2D eigenvalue weighted by molar-refractivity contribution is 5.92. The molecule has 1 amide bonds. The summed E-state index contributed by atoms with van der Waals surface area (Å²) in [6.07, 6.45) is 4.39. The molecule has 3 rings (SSSR count). The van der Waals surface area contributed by atoms with Gasteiger partial charge in [0.1, 0.15) is 0 Å². The molecule has 142 valence electrons. The van der Waals surface area contributed by atoms with Gasteiger partial charge in [-0.25, -0.2) is 0 Å². The molecule has 0 radical (unpaired) electrons. The number of aryl methyl sites for hydroxylation is 2. The third kappa shape index (κ3) is 6.35. The van der Waals surface area contributed by atoms with Crippen molar-refractivity contribution in [3.63, 3.8) is 0 Å². The lowest BCUT2D eigenvalue weighted by Crippen LogP contribution is -2.48. The second-order valence-corrected chi connectivity index (χ2v) is 7.31. The summed E-state index contributed by atoms with van der Waals surface area (Å²) in [5, 5.41) is 3.03. The van der Waals surface area contributed by atoms with E-state index in [9.17, 15) is 4.79 Å². The minimum absolute atomic E-state index is 0.0671. The van der Waals surface area contributed by atoms with Crippen LogP contribution in [-0.4, -0.2) is 55.0 Å².